The summed E-state index contributed by atoms with van der Waals surface area (Å²) >= 11 is 0. The molecule has 0 aromatic rings. The van der Waals surface area contributed by atoms with Crippen LogP contribution in [0.2, 0.25) is 0 Å². The van der Waals surface area contributed by atoms with Gasteiger partial charge in [-0.05, 0) is 20.8 Å². The van der Waals surface area contributed by atoms with E-state index in [0.29, 0.717) is 6.61 Å². The van der Waals surface area contributed by atoms with Gasteiger partial charge in [0.05, 0.1) is 12.7 Å². The van der Waals surface area contributed by atoms with E-state index in [-0.39, 0.29) is 18.4 Å². The first-order valence-electron chi connectivity index (χ1n) is 4.57. The molecule has 5 nitrogen and oxygen atoms in total. The first kappa shape index (κ1) is 12.9. The van der Waals surface area contributed by atoms with Gasteiger partial charge in [-0.3, -0.25) is 9.59 Å². The molecular formula is C9H17NO4. The molecule has 0 aliphatic rings. The van der Waals surface area contributed by atoms with Crippen molar-refractivity contribution in [2.75, 3.05) is 6.61 Å². The minimum atomic E-state index is -1.04. The molecular weight excluding hydrogens is 186 g/mol. The van der Waals surface area contributed by atoms with E-state index in [0.717, 1.165) is 0 Å². The standard InChI is InChI=1S/C9H17NO4/c1-6(2)14-5-4-8(11)10-7(3)9(12)13/h6-7H,4-5H2,1-3H3,(H,10,11)(H,12,13)/t7-/m1/s1. The minimum Gasteiger partial charge on any atom is -0.480 e. The van der Waals surface area contributed by atoms with Gasteiger partial charge in [-0.1, -0.05) is 0 Å². The summed E-state index contributed by atoms with van der Waals surface area (Å²) in [6, 6.07) is -0.846. The van der Waals surface area contributed by atoms with Crippen LogP contribution in [0.1, 0.15) is 27.2 Å². The summed E-state index contributed by atoms with van der Waals surface area (Å²) in [6.07, 6.45) is 0.273. The highest BCUT2D eigenvalue weighted by atomic mass is 16.5. The molecule has 82 valence electrons. The topological polar surface area (TPSA) is 75.6 Å². The number of rotatable bonds is 6. The van der Waals surface area contributed by atoms with Crippen LogP contribution in [0.3, 0.4) is 0 Å². The highest BCUT2D eigenvalue weighted by molar-refractivity contribution is 5.83. The Labute approximate surface area is 83.4 Å². The van der Waals surface area contributed by atoms with E-state index < -0.39 is 12.0 Å². The van der Waals surface area contributed by atoms with E-state index in [1.807, 2.05) is 13.8 Å². The molecule has 0 saturated carbocycles. The zero-order valence-corrected chi connectivity index (χ0v) is 8.74. The van der Waals surface area contributed by atoms with Gasteiger partial charge in [0.2, 0.25) is 5.91 Å². The van der Waals surface area contributed by atoms with E-state index in [2.05, 4.69) is 5.32 Å². The molecule has 0 bridgehead atoms. The molecule has 0 aromatic heterocycles. The second-order valence-corrected chi connectivity index (χ2v) is 3.30. The Kier molecular flexibility index (Phi) is 5.87. The Bertz CT molecular complexity index is 203. The van der Waals surface area contributed by atoms with Gasteiger partial charge in [-0.25, -0.2) is 0 Å². The number of hydrogen-bond acceptors (Lipinski definition) is 3. The largest absolute Gasteiger partial charge is 0.480 e. The van der Waals surface area contributed by atoms with Gasteiger partial charge in [-0.15, -0.1) is 0 Å². The number of aliphatic carboxylic acids is 1. The number of carbonyl (C=O) groups excluding carboxylic acids is 1. The minimum absolute atomic E-state index is 0.0831. The SMILES string of the molecule is CC(C)OCCC(=O)N[C@H](C)C(=O)O. The third kappa shape index (κ3) is 6.42. The van der Waals surface area contributed by atoms with E-state index in [4.69, 9.17) is 9.84 Å². The van der Waals surface area contributed by atoms with Crippen LogP contribution in [0.15, 0.2) is 0 Å². The fourth-order valence-corrected chi connectivity index (χ4v) is 0.763. The van der Waals surface area contributed by atoms with Crippen molar-refractivity contribution in [1.82, 2.24) is 5.32 Å². The zero-order valence-electron chi connectivity index (χ0n) is 8.74. The highest BCUT2D eigenvalue weighted by Crippen LogP contribution is 1.91. The van der Waals surface area contributed by atoms with Crippen LogP contribution in [0, 0.1) is 0 Å². The van der Waals surface area contributed by atoms with Crippen molar-refractivity contribution < 1.29 is 19.4 Å². The molecule has 0 aromatic carbocycles. The summed E-state index contributed by atoms with van der Waals surface area (Å²) in [5.41, 5.74) is 0. The molecule has 0 spiro atoms. The van der Waals surface area contributed by atoms with Gasteiger partial charge >= 0.3 is 5.97 Å². The molecule has 1 amide bonds. The maximum Gasteiger partial charge on any atom is 0.325 e. The van der Waals surface area contributed by atoms with Crippen molar-refractivity contribution in [2.24, 2.45) is 0 Å². The lowest BCUT2D eigenvalue weighted by molar-refractivity contribution is -0.141. The first-order valence-corrected chi connectivity index (χ1v) is 4.57. The van der Waals surface area contributed by atoms with Crippen LogP contribution in [-0.2, 0) is 14.3 Å². The average molecular weight is 203 g/mol. The Morgan fingerprint density at radius 3 is 2.36 bits per heavy atom. The maximum atomic E-state index is 11.1. The Morgan fingerprint density at radius 1 is 1.36 bits per heavy atom. The monoisotopic (exact) mass is 203 g/mol. The number of ether oxygens (including phenoxy) is 1. The summed E-state index contributed by atoms with van der Waals surface area (Å²) in [4.78, 5) is 21.5. The van der Waals surface area contributed by atoms with Crippen LogP contribution >= 0.6 is 0 Å². The van der Waals surface area contributed by atoms with Crippen molar-refractivity contribution in [3.8, 4) is 0 Å². The summed E-state index contributed by atoms with van der Waals surface area (Å²) in [5.74, 6) is -1.34. The number of carboxylic acids is 1. The molecule has 0 aliphatic heterocycles. The first-order chi connectivity index (χ1) is 6.43. The zero-order chi connectivity index (χ0) is 11.1. The lowest BCUT2D eigenvalue weighted by Crippen LogP contribution is -2.38. The maximum absolute atomic E-state index is 11.1. The quantitative estimate of drug-likeness (QED) is 0.654. The third-order valence-corrected chi connectivity index (χ3v) is 1.53. The molecule has 0 rings (SSSR count). The van der Waals surface area contributed by atoms with Crippen molar-refractivity contribution in [3.05, 3.63) is 0 Å². The molecule has 0 saturated heterocycles. The molecule has 0 heterocycles. The Balaban J connectivity index is 3.60. The van der Waals surface area contributed by atoms with Gasteiger partial charge < -0.3 is 15.2 Å². The normalized spacial score (nSPS) is 12.6. The van der Waals surface area contributed by atoms with Crippen LogP contribution in [-0.4, -0.2) is 35.7 Å². The lowest BCUT2D eigenvalue weighted by atomic mass is 10.3. The van der Waals surface area contributed by atoms with Crippen molar-refractivity contribution in [1.29, 1.82) is 0 Å². The van der Waals surface area contributed by atoms with Gasteiger partial charge in [-0.2, -0.15) is 0 Å². The molecule has 0 fully saturated rings. The van der Waals surface area contributed by atoms with Crippen molar-refractivity contribution >= 4 is 11.9 Å². The fraction of sp³-hybridized carbons (Fsp3) is 0.778. The van der Waals surface area contributed by atoms with E-state index >= 15 is 0 Å². The van der Waals surface area contributed by atoms with Gasteiger partial charge in [0.1, 0.15) is 6.04 Å². The number of carboxylic acid groups (broad SMARTS) is 1. The fourth-order valence-electron chi connectivity index (χ4n) is 0.763. The van der Waals surface area contributed by atoms with Gasteiger partial charge in [0, 0.05) is 6.42 Å². The number of nitrogens with one attached hydrogen (secondary N) is 1. The predicted octanol–water partition coefficient (Wildman–Crippen LogP) is 0.391. The van der Waals surface area contributed by atoms with Crippen LogP contribution in [0.4, 0.5) is 0 Å². The van der Waals surface area contributed by atoms with Crippen LogP contribution < -0.4 is 5.32 Å². The second-order valence-electron chi connectivity index (χ2n) is 3.30. The molecule has 0 aliphatic carbocycles. The van der Waals surface area contributed by atoms with E-state index in [1.54, 1.807) is 0 Å². The molecule has 0 radical (unpaired) electrons. The van der Waals surface area contributed by atoms with Crippen molar-refractivity contribution in [2.45, 2.75) is 39.3 Å². The summed E-state index contributed by atoms with van der Waals surface area (Å²) in [7, 11) is 0. The number of amides is 1. The summed E-state index contributed by atoms with van der Waals surface area (Å²) in [6.45, 7) is 5.48. The van der Waals surface area contributed by atoms with E-state index in [1.165, 1.54) is 6.92 Å². The predicted molar refractivity (Wildman–Crippen MR) is 50.9 cm³/mol. The molecule has 5 heteroatoms. The molecule has 1 atom stereocenters. The van der Waals surface area contributed by atoms with Crippen molar-refractivity contribution in [3.63, 3.8) is 0 Å². The summed E-state index contributed by atoms with van der Waals surface area (Å²) < 4.78 is 5.15. The molecule has 14 heavy (non-hydrogen) atoms. The molecule has 0 unspecified atom stereocenters. The molecule has 2 N–H and O–H groups in total. The van der Waals surface area contributed by atoms with Gasteiger partial charge in [0.15, 0.2) is 0 Å². The van der Waals surface area contributed by atoms with Gasteiger partial charge in [0.25, 0.3) is 0 Å². The Hall–Kier alpha value is -1.10. The van der Waals surface area contributed by atoms with Crippen LogP contribution in [0.5, 0.6) is 0 Å². The number of hydrogen-bond donors (Lipinski definition) is 2. The average Bonchev–Trinajstić information content (AvgIpc) is 2.02. The highest BCUT2D eigenvalue weighted by Gasteiger charge is 2.13. The van der Waals surface area contributed by atoms with E-state index in [9.17, 15) is 9.59 Å². The Morgan fingerprint density at radius 2 is 1.93 bits per heavy atom. The number of carbonyl (C=O) groups is 2. The second kappa shape index (κ2) is 6.37. The summed E-state index contributed by atoms with van der Waals surface area (Å²) in [5, 5.41) is 10.8. The smallest absolute Gasteiger partial charge is 0.325 e. The van der Waals surface area contributed by atoms with Crippen LogP contribution in [0.25, 0.3) is 0 Å². The third-order valence-electron chi connectivity index (χ3n) is 1.53. The lowest BCUT2D eigenvalue weighted by Gasteiger charge is -2.10.